The summed E-state index contributed by atoms with van der Waals surface area (Å²) in [6.45, 7) is 0. The Morgan fingerprint density at radius 1 is 1.38 bits per heavy atom. The first-order chi connectivity index (χ1) is 7.81. The molecule has 0 saturated carbocycles. The van der Waals surface area contributed by atoms with Crippen LogP contribution in [0.25, 0.3) is 5.57 Å². The zero-order valence-electron chi connectivity index (χ0n) is 9.32. The lowest BCUT2D eigenvalue weighted by Gasteiger charge is -2.16. The van der Waals surface area contributed by atoms with Gasteiger partial charge < -0.3 is 4.74 Å². The molecule has 0 aromatic heterocycles. The lowest BCUT2D eigenvalue weighted by atomic mass is 9.88. The minimum atomic E-state index is -0.351. The Labute approximate surface area is 95.2 Å². The standard InChI is InChI=1S/C14H14O2/c1-16-14(15)10-9-12-7-4-6-11-5-2-3-8-13(11)12/h2-3,5,8,10H,4,6-7H2,1H3. The molecule has 0 spiro atoms. The molecule has 0 heterocycles. The van der Waals surface area contributed by atoms with Gasteiger partial charge in [0.15, 0.2) is 0 Å². The van der Waals surface area contributed by atoms with Crippen molar-refractivity contribution in [3.63, 3.8) is 0 Å². The predicted molar refractivity (Wildman–Crippen MR) is 62.9 cm³/mol. The van der Waals surface area contributed by atoms with Crippen molar-refractivity contribution < 1.29 is 9.53 Å². The highest BCUT2D eigenvalue weighted by atomic mass is 16.5. The van der Waals surface area contributed by atoms with Crippen LogP contribution in [0.5, 0.6) is 0 Å². The molecule has 0 N–H and O–H groups in total. The van der Waals surface area contributed by atoms with Gasteiger partial charge in [0, 0.05) is 5.57 Å². The molecule has 0 bridgehead atoms. The number of aryl methyl sites for hydroxylation is 1. The van der Waals surface area contributed by atoms with Gasteiger partial charge >= 0.3 is 5.97 Å². The van der Waals surface area contributed by atoms with Crippen LogP contribution in [-0.2, 0) is 16.0 Å². The fraction of sp³-hybridized carbons (Fsp3) is 0.286. The summed E-state index contributed by atoms with van der Waals surface area (Å²) in [5, 5.41) is 0. The molecule has 82 valence electrons. The first-order valence-electron chi connectivity index (χ1n) is 5.43. The third-order valence-electron chi connectivity index (χ3n) is 2.78. The van der Waals surface area contributed by atoms with E-state index in [4.69, 9.17) is 0 Å². The molecule has 0 unspecified atom stereocenters. The van der Waals surface area contributed by atoms with Crippen molar-refractivity contribution in [2.75, 3.05) is 7.11 Å². The van der Waals surface area contributed by atoms with Crippen LogP contribution in [0.1, 0.15) is 24.0 Å². The molecule has 0 amide bonds. The summed E-state index contributed by atoms with van der Waals surface area (Å²) in [4.78, 5) is 11.0. The van der Waals surface area contributed by atoms with Crippen LogP contribution in [-0.4, -0.2) is 13.1 Å². The molecule has 2 rings (SSSR count). The average Bonchev–Trinajstić information content (AvgIpc) is 2.35. The summed E-state index contributed by atoms with van der Waals surface area (Å²) in [7, 11) is 1.37. The fourth-order valence-corrected chi connectivity index (χ4v) is 1.98. The number of benzene rings is 1. The summed E-state index contributed by atoms with van der Waals surface area (Å²) >= 11 is 0. The van der Waals surface area contributed by atoms with E-state index in [9.17, 15) is 4.79 Å². The second-order valence-corrected chi connectivity index (χ2v) is 3.80. The van der Waals surface area contributed by atoms with Crippen LogP contribution in [0.3, 0.4) is 0 Å². The van der Waals surface area contributed by atoms with Crippen LogP contribution >= 0.6 is 0 Å². The molecule has 2 nitrogen and oxygen atoms in total. The number of carbonyl (C=O) groups excluding carboxylic acids is 1. The Morgan fingerprint density at radius 3 is 3.00 bits per heavy atom. The van der Waals surface area contributed by atoms with Gasteiger partial charge in [0.05, 0.1) is 13.2 Å². The number of esters is 1. The number of ether oxygens (including phenoxy) is 1. The molecule has 16 heavy (non-hydrogen) atoms. The minimum absolute atomic E-state index is 0.351. The van der Waals surface area contributed by atoms with E-state index in [1.165, 1.54) is 24.3 Å². The second-order valence-electron chi connectivity index (χ2n) is 3.80. The minimum Gasteiger partial charge on any atom is -0.465 e. The zero-order chi connectivity index (χ0) is 11.4. The summed E-state index contributed by atoms with van der Waals surface area (Å²) in [6.07, 6.45) is 4.58. The number of rotatable bonds is 1. The van der Waals surface area contributed by atoms with Gasteiger partial charge in [-0.25, -0.2) is 4.79 Å². The average molecular weight is 214 g/mol. The van der Waals surface area contributed by atoms with Crippen LogP contribution in [0.2, 0.25) is 0 Å². The molecule has 0 atom stereocenters. The van der Waals surface area contributed by atoms with Crippen LogP contribution < -0.4 is 0 Å². The Bertz CT molecular complexity index is 465. The normalized spacial score (nSPS) is 13.7. The van der Waals surface area contributed by atoms with Gasteiger partial charge in [0.2, 0.25) is 0 Å². The highest BCUT2D eigenvalue weighted by Gasteiger charge is 2.12. The maximum Gasteiger partial charge on any atom is 0.338 e. The van der Waals surface area contributed by atoms with Crippen molar-refractivity contribution >= 4 is 11.5 Å². The first-order valence-corrected chi connectivity index (χ1v) is 5.43. The topological polar surface area (TPSA) is 26.3 Å². The predicted octanol–water partition coefficient (Wildman–Crippen LogP) is 2.73. The Kier molecular flexibility index (Phi) is 3.23. The van der Waals surface area contributed by atoms with Crippen LogP contribution in [0, 0.1) is 0 Å². The summed E-state index contributed by atoms with van der Waals surface area (Å²) in [5.41, 5.74) is 6.71. The van der Waals surface area contributed by atoms with E-state index in [1.807, 2.05) is 12.1 Å². The van der Waals surface area contributed by atoms with Gasteiger partial charge in [-0.15, -0.1) is 5.73 Å². The first kappa shape index (κ1) is 10.7. The molecule has 0 aliphatic heterocycles. The molecule has 2 heteroatoms. The maximum atomic E-state index is 11.0. The summed E-state index contributed by atoms with van der Waals surface area (Å²) in [5.74, 6) is -0.351. The Balaban J connectivity index is 2.39. The van der Waals surface area contributed by atoms with Gasteiger partial charge in [0.1, 0.15) is 0 Å². The Hall–Kier alpha value is -1.79. The second kappa shape index (κ2) is 4.82. The van der Waals surface area contributed by atoms with Crippen molar-refractivity contribution in [2.45, 2.75) is 19.3 Å². The summed E-state index contributed by atoms with van der Waals surface area (Å²) < 4.78 is 4.56. The lowest BCUT2D eigenvalue weighted by molar-refractivity contribution is -0.134. The van der Waals surface area contributed by atoms with Crippen molar-refractivity contribution in [1.82, 2.24) is 0 Å². The molecule has 0 saturated heterocycles. The lowest BCUT2D eigenvalue weighted by Crippen LogP contribution is -2.00. The number of carbonyl (C=O) groups is 1. The smallest absolute Gasteiger partial charge is 0.338 e. The highest BCUT2D eigenvalue weighted by Crippen LogP contribution is 2.29. The molecule has 1 aromatic rings. The SMILES string of the molecule is COC(=O)C=C=C1CCCc2ccccc21. The van der Waals surface area contributed by atoms with Gasteiger partial charge in [-0.3, -0.25) is 0 Å². The van der Waals surface area contributed by atoms with Crippen molar-refractivity contribution in [3.8, 4) is 0 Å². The van der Waals surface area contributed by atoms with Crippen LogP contribution in [0.15, 0.2) is 36.1 Å². The maximum absolute atomic E-state index is 11.0. The third kappa shape index (κ3) is 2.23. The van der Waals surface area contributed by atoms with E-state index >= 15 is 0 Å². The largest absolute Gasteiger partial charge is 0.465 e. The molecule has 1 aliphatic carbocycles. The van der Waals surface area contributed by atoms with Gasteiger partial charge in [0.25, 0.3) is 0 Å². The van der Waals surface area contributed by atoms with E-state index in [2.05, 4.69) is 22.6 Å². The molecular formula is C14H14O2. The van der Waals surface area contributed by atoms with E-state index in [-0.39, 0.29) is 5.97 Å². The highest BCUT2D eigenvalue weighted by molar-refractivity contribution is 5.83. The van der Waals surface area contributed by atoms with Gasteiger partial charge in [-0.1, -0.05) is 24.3 Å². The van der Waals surface area contributed by atoms with E-state index in [0.29, 0.717) is 0 Å². The van der Waals surface area contributed by atoms with E-state index in [0.717, 1.165) is 24.8 Å². The molecule has 0 radical (unpaired) electrons. The molecule has 1 aliphatic rings. The Morgan fingerprint density at radius 2 is 2.19 bits per heavy atom. The van der Waals surface area contributed by atoms with E-state index in [1.54, 1.807) is 0 Å². The third-order valence-corrected chi connectivity index (χ3v) is 2.78. The van der Waals surface area contributed by atoms with Gasteiger partial charge in [-0.2, -0.15) is 0 Å². The number of hydrogen-bond donors (Lipinski definition) is 0. The van der Waals surface area contributed by atoms with Crippen LogP contribution in [0.4, 0.5) is 0 Å². The number of fused-ring (bicyclic) bond motifs is 1. The molecular weight excluding hydrogens is 200 g/mol. The van der Waals surface area contributed by atoms with Crippen molar-refractivity contribution in [3.05, 3.63) is 47.2 Å². The van der Waals surface area contributed by atoms with Gasteiger partial charge in [-0.05, 0) is 30.4 Å². The number of methoxy groups -OCH3 is 1. The number of hydrogen-bond acceptors (Lipinski definition) is 2. The molecule has 0 fully saturated rings. The van der Waals surface area contributed by atoms with E-state index < -0.39 is 0 Å². The monoisotopic (exact) mass is 214 g/mol. The molecule has 1 aromatic carbocycles. The van der Waals surface area contributed by atoms with Crippen molar-refractivity contribution in [1.29, 1.82) is 0 Å². The zero-order valence-corrected chi connectivity index (χ0v) is 9.32. The quantitative estimate of drug-likeness (QED) is 0.408. The fourth-order valence-electron chi connectivity index (χ4n) is 1.98. The van der Waals surface area contributed by atoms with Crippen molar-refractivity contribution in [2.24, 2.45) is 0 Å². The summed E-state index contributed by atoms with van der Waals surface area (Å²) in [6, 6.07) is 8.28.